The summed E-state index contributed by atoms with van der Waals surface area (Å²) in [5.41, 5.74) is 0. The smallest absolute Gasteiger partial charge is 0.759 e. The molecule has 0 fully saturated rings. The minimum absolute atomic E-state index is 0. The summed E-state index contributed by atoms with van der Waals surface area (Å²) in [4.78, 5) is 44.4. The minimum Gasteiger partial charge on any atom is -0.759 e. The van der Waals surface area contributed by atoms with Crippen LogP contribution in [-0.4, -0.2) is 146 Å². The van der Waals surface area contributed by atoms with E-state index in [1.54, 1.807) is 0 Å². The Morgan fingerprint density at radius 3 is 0.641 bits per heavy atom. The molecule has 228 valence electrons. The first-order chi connectivity index (χ1) is 15.2. The summed E-state index contributed by atoms with van der Waals surface area (Å²) in [5.74, 6) is -4.91. The number of aliphatic carboxylic acids is 4. The van der Waals surface area contributed by atoms with Crippen molar-refractivity contribution >= 4 is 55.1 Å². The molecule has 29 heteroatoms. The molecule has 0 spiro atoms. The van der Waals surface area contributed by atoms with E-state index in [-0.39, 0.29) is 106 Å². The fraction of sp³-hybridized carbons (Fsp3) is 0.600. The molecule has 0 saturated carbocycles. The van der Waals surface area contributed by atoms with E-state index in [1.165, 1.54) is 0 Å². The second-order valence-corrected chi connectivity index (χ2v) is 7.67. The summed E-state index contributed by atoms with van der Waals surface area (Å²) in [5, 5.41) is 34.5. The van der Waals surface area contributed by atoms with Crippen molar-refractivity contribution in [1.82, 2.24) is 9.80 Å². The molecule has 39 heavy (non-hydrogen) atoms. The molecule has 0 aromatic carbocycles. The third-order valence-corrected chi connectivity index (χ3v) is 2.17. The summed E-state index contributed by atoms with van der Waals surface area (Å²) < 4.78 is 102. The molecule has 0 atom stereocenters. The summed E-state index contributed by atoms with van der Waals surface area (Å²) in [6.07, 6.45) is 0. The Kier molecular flexibility index (Phi) is 45.2. The SMILES string of the molecule is O=C(O)CN(CCN(CC(=O)O)CC(=O)O)CC(=O)O.O=S(=O)([O-])[O-].O=S(=O)([O-])[O-].O=S(=O)([O-])[O-].[Cu+2].[Cu+2].[Na+].[Na+]. The summed E-state index contributed by atoms with van der Waals surface area (Å²) >= 11 is 0. The average Bonchev–Trinajstić information content (AvgIpc) is 2.45. The maximum atomic E-state index is 10.6. The van der Waals surface area contributed by atoms with Crippen molar-refractivity contribution in [1.29, 1.82) is 0 Å². The maximum absolute atomic E-state index is 10.6. The number of carboxylic acid groups (broad SMARTS) is 4. The molecule has 0 heterocycles. The van der Waals surface area contributed by atoms with E-state index in [1.807, 2.05) is 0 Å². The number of hydrogen-bond acceptors (Lipinski definition) is 18. The molecule has 0 aliphatic carbocycles. The monoisotopic (exact) mass is 752 g/mol. The van der Waals surface area contributed by atoms with Gasteiger partial charge in [-0.05, 0) is 0 Å². The first-order valence-electron chi connectivity index (χ1n) is 7.52. The van der Waals surface area contributed by atoms with Crippen molar-refractivity contribution in [3.63, 3.8) is 0 Å². The van der Waals surface area contributed by atoms with Crippen LogP contribution in [-0.2, 0) is 84.5 Å². The van der Waals surface area contributed by atoms with Gasteiger partial charge in [-0.15, -0.1) is 0 Å². The van der Waals surface area contributed by atoms with Crippen LogP contribution in [0, 0.1) is 0 Å². The van der Waals surface area contributed by atoms with E-state index in [4.69, 9.17) is 73.0 Å². The van der Waals surface area contributed by atoms with Crippen molar-refractivity contribution < 1.29 is 185 Å². The Bertz CT molecular complexity index is 845. The predicted molar refractivity (Wildman–Crippen MR) is 94.8 cm³/mol. The molecular formula is C10H16Cu2N2Na2O20S3. The van der Waals surface area contributed by atoms with E-state index >= 15 is 0 Å². The topological polar surface area (TPSA) is 396 Å². The van der Waals surface area contributed by atoms with Crippen molar-refractivity contribution in [3.05, 3.63) is 0 Å². The van der Waals surface area contributed by atoms with E-state index in [9.17, 15) is 19.2 Å². The Labute approximate surface area is 286 Å². The van der Waals surface area contributed by atoms with E-state index < -0.39 is 81.3 Å². The fourth-order valence-corrected chi connectivity index (χ4v) is 1.48. The molecule has 0 aliphatic heterocycles. The molecule has 0 bridgehead atoms. The van der Waals surface area contributed by atoms with Gasteiger partial charge < -0.3 is 47.7 Å². The van der Waals surface area contributed by atoms with E-state index in [0.717, 1.165) is 9.80 Å². The van der Waals surface area contributed by atoms with Crippen LogP contribution in [0.5, 0.6) is 0 Å². The van der Waals surface area contributed by atoms with Crippen LogP contribution in [0.1, 0.15) is 0 Å². The van der Waals surface area contributed by atoms with Crippen LogP contribution in [0.3, 0.4) is 0 Å². The quantitative estimate of drug-likeness (QED) is 0.0864. The van der Waals surface area contributed by atoms with Gasteiger partial charge in [0.1, 0.15) is 0 Å². The zero-order valence-electron chi connectivity index (χ0n) is 19.3. The first-order valence-corrected chi connectivity index (χ1v) is 11.5. The van der Waals surface area contributed by atoms with Gasteiger partial charge in [-0.1, -0.05) is 0 Å². The van der Waals surface area contributed by atoms with Crippen LogP contribution in [0.15, 0.2) is 0 Å². The molecule has 22 nitrogen and oxygen atoms in total. The largest absolute Gasteiger partial charge is 2.00 e. The maximum Gasteiger partial charge on any atom is 2.00 e. The number of carboxylic acids is 4. The molecule has 4 N–H and O–H groups in total. The van der Waals surface area contributed by atoms with Crippen molar-refractivity contribution in [2.75, 3.05) is 39.3 Å². The Balaban J connectivity index is -0.0000000699. The third-order valence-electron chi connectivity index (χ3n) is 2.17. The molecule has 0 amide bonds. The number of carbonyl (C=O) groups is 4. The van der Waals surface area contributed by atoms with Gasteiger partial charge >= 0.3 is 117 Å². The van der Waals surface area contributed by atoms with Gasteiger partial charge in [0.2, 0.25) is 0 Å². The van der Waals surface area contributed by atoms with Gasteiger partial charge in [-0.2, -0.15) is 0 Å². The summed E-state index contributed by atoms with van der Waals surface area (Å²) in [7, 11) is -15.5. The molecular weight excluding hydrogens is 737 g/mol. The van der Waals surface area contributed by atoms with E-state index in [2.05, 4.69) is 0 Å². The first kappa shape index (κ1) is 59.0. The fourth-order valence-electron chi connectivity index (χ4n) is 1.48. The molecule has 2 radical (unpaired) electrons. The van der Waals surface area contributed by atoms with Gasteiger partial charge in [0.05, 0.1) is 26.2 Å². The van der Waals surface area contributed by atoms with Crippen LogP contribution in [0.2, 0.25) is 0 Å². The second kappa shape index (κ2) is 29.9. The van der Waals surface area contributed by atoms with Crippen molar-refractivity contribution in [2.45, 2.75) is 0 Å². The third kappa shape index (κ3) is 111. The number of rotatable bonds is 11. The molecule has 0 rings (SSSR count). The van der Waals surface area contributed by atoms with Gasteiger partial charge in [0, 0.05) is 44.3 Å². The Morgan fingerprint density at radius 2 is 0.564 bits per heavy atom. The number of hydrogen-bond donors (Lipinski definition) is 4. The van der Waals surface area contributed by atoms with Crippen LogP contribution in [0.4, 0.5) is 0 Å². The number of nitrogens with zero attached hydrogens (tertiary/aromatic N) is 2. The second-order valence-electron chi connectivity index (χ2n) is 5.22. The van der Waals surface area contributed by atoms with Crippen molar-refractivity contribution in [2.24, 2.45) is 0 Å². The van der Waals surface area contributed by atoms with Crippen molar-refractivity contribution in [3.8, 4) is 0 Å². The van der Waals surface area contributed by atoms with Gasteiger partial charge in [0.15, 0.2) is 0 Å². The zero-order chi connectivity index (χ0) is 29.2. The zero-order valence-corrected chi connectivity index (χ0v) is 27.6. The molecule has 0 saturated heterocycles. The van der Waals surface area contributed by atoms with Crippen LogP contribution >= 0.6 is 0 Å². The van der Waals surface area contributed by atoms with E-state index in [0.29, 0.717) is 0 Å². The molecule has 0 aromatic rings. The normalized spacial score (nSPS) is 9.95. The predicted octanol–water partition coefficient (Wildman–Crippen LogP) is -12.1. The Morgan fingerprint density at radius 1 is 0.462 bits per heavy atom. The van der Waals surface area contributed by atoms with Gasteiger partial charge in [-0.25, -0.2) is 0 Å². The Hall–Kier alpha value is 0.449. The summed E-state index contributed by atoms with van der Waals surface area (Å²) in [6, 6.07) is 0. The standard InChI is InChI=1S/C10H16N2O8.2Cu.2Na.3H2O4S/c13-7(14)3-11(4-8(15)16)1-2-12(5-9(17)18)6-10(19)20;;;;;3*1-5(2,3)4/h1-6H2,(H,13,14)(H,15,16)(H,17,18)(H,19,20);;;;;3*(H2,1,2,3,4)/q;2*+2;2*+1;;;/p-6. The van der Waals surface area contributed by atoms with Crippen LogP contribution in [0.25, 0.3) is 0 Å². The average molecular weight is 754 g/mol. The molecule has 0 aromatic heterocycles. The van der Waals surface area contributed by atoms with Gasteiger partial charge in [-0.3, -0.25) is 54.2 Å². The minimum atomic E-state index is -5.17. The molecule has 0 unspecified atom stereocenters. The summed E-state index contributed by atoms with van der Waals surface area (Å²) in [6.45, 7) is -2.25. The van der Waals surface area contributed by atoms with Gasteiger partial charge in [0.25, 0.3) is 0 Å². The molecule has 0 aliphatic rings. The van der Waals surface area contributed by atoms with Crippen LogP contribution < -0.4 is 59.1 Å².